The number of hydroxylamine groups is 1. The first-order chi connectivity index (χ1) is 9.53. The first-order valence-corrected chi connectivity index (χ1v) is 8.13. The zero-order chi connectivity index (χ0) is 14.8. The summed E-state index contributed by atoms with van der Waals surface area (Å²) in [5.41, 5.74) is 2.63. The van der Waals surface area contributed by atoms with Gasteiger partial charge in [-0.3, -0.25) is 10.0 Å². The number of carbonyl (C=O) groups is 1. The zero-order valence-electron chi connectivity index (χ0n) is 11.2. The second kappa shape index (κ2) is 8.68. The van der Waals surface area contributed by atoms with Gasteiger partial charge in [0.1, 0.15) is 0 Å². The number of rotatable bonds is 9. The minimum absolute atomic E-state index is 0.254. The van der Waals surface area contributed by atoms with Crippen LogP contribution in [0, 0.1) is 0 Å². The quantitative estimate of drug-likeness (QED) is 0.357. The molecule has 0 atom stereocenters. The SMILES string of the molecule is O=C(CCS(=O)(=O)NCCCCc1ccccc1)NO. The van der Waals surface area contributed by atoms with Crippen LogP contribution in [-0.2, 0) is 21.2 Å². The van der Waals surface area contributed by atoms with Gasteiger partial charge in [0.15, 0.2) is 0 Å². The van der Waals surface area contributed by atoms with E-state index in [0.717, 1.165) is 19.3 Å². The van der Waals surface area contributed by atoms with Gasteiger partial charge in [-0.25, -0.2) is 18.6 Å². The van der Waals surface area contributed by atoms with Crippen LogP contribution >= 0.6 is 0 Å². The number of amides is 1. The van der Waals surface area contributed by atoms with E-state index in [1.807, 2.05) is 30.3 Å². The average molecular weight is 300 g/mol. The summed E-state index contributed by atoms with van der Waals surface area (Å²) in [5.74, 6) is -1.03. The van der Waals surface area contributed by atoms with Gasteiger partial charge in [-0.15, -0.1) is 0 Å². The molecule has 0 spiro atoms. The van der Waals surface area contributed by atoms with E-state index in [4.69, 9.17) is 5.21 Å². The van der Waals surface area contributed by atoms with Gasteiger partial charge in [-0.2, -0.15) is 0 Å². The van der Waals surface area contributed by atoms with Crippen molar-refractivity contribution in [2.45, 2.75) is 25.7 Å². The van der Waals surface area contributed by atoms with Gasteiger partial charge in [0, 0.05) is 13.0 Å². The number of carbonyl (C=O) groups excluding carboxylic acids is 1. The summed E-state index contributed by atoms with van der Waals surface area (Å²) in [7, 11) is -3.45. The molecule has 20 heavy (non-hydrogen) atoms. The summed E-state index contributed by atoms with van der Waals surface area (Å²) in [5, 5.41) is 8.27. The van der Waals surface area contributed by atoms with Crippen molar-refractivity contribution in [3.8, 4) is 0 Å². The second-order valence-corrected chi connectivity index (χ2v) is 6.37. The van der Waals surface area contributed by atoms with Crippen LogP contribution in [0.15, 0.2) is 30.3 Å². The van der Waals surface area contributed by atoms with Crippen molar-refractivity contribution < 1.29 is 18.4 Å². The fourth-order valence-corrected chi connectivity index (χ4v) is 2.74. The summed E-state index contributed by atoms with van der Waals surface area (Å²) in [6, 6.07) is 9.99. The van der Waals surface area contributed by atoms with Crippen LogP contribution in [0.3, 0.4) is 0 Å². The molecule has 7 heteroatoms. The molecule has 1 aromatic rings. The van der Waals surface area contributed by atoms with Crippen molar-refractivity contribution in [3.05, 3.63) is 35.9 Å². The fraction of sp³-hybridized carbons (Fsp3) is 0.462. The highest BCUT2D eigenvalue weighted by Crippen LogP contribution is 2.04. The molecule has 0 aliphatic heterocycles. The van der Waals surface area contributed by atoms with Gasteiger partial charge in [-0.05, 0) is 24.8 Å². The van der Waals surface area contributed by atoms with Crippen molar-refractivity contribution in [1.82, 2.24) is 10.2 Å². The lowest BCUT2D eigenvalue weighted by molar-refractivity contribution is -0.128. The van der Waals surface area contributed by atoms with E-state index in [1.54, 1.807) is 0 Å². The van der Waals surface area contributed by atoms with Gasteiger partial charge in [-0.1, -0.05) is 30.3 Å². The molecule has 0 aliphatic rings. The number of sulfonamides is 1. The van der Waals surface area contributed by atoms with E-state index in [9.17, 15) is 13.2 Å². The maximum Gasteiger partial charge on any atom is 0.244 e. The lowest BCUT2D eigenvalue weighted by Crippen LogP contribution is -2.30. The highest BCUT2D eigenvalue weighted by molar-refractivity contribution is 7.89. The molecule has 1 amide bonds. The van der Waals surface area contributed by atoms with Gasteiger partial charge in [0.25, 0.3) is 0 Å². The molecule has 0 heterocycles. The third-order valence-electron chi connectivity index (χ3n) is 2.78. The molecule has 0 unspecified atom stereocenters. The Hall–Kier alpha value is -1.44. The molecular formula is C13H20N2O4S. The van der Waals surface area contributed by atoms with Crippen molar-refractivity contribution in [1.29, 1.82) is 0 Å². The highest BCUT2D eigenvalue weighted by atomic mass is 32.2. The van der Waals surface area contributed by atoms with Crippen molar-refractivity contribution in [2.75, 3.05) is 12.3 Å². The topological polar surface area (TPSA) is 95.5 Å². The number of unbranched alkanes of at least 4 members (excludes halogenated alkanes) is 1. The smallest absolute Gasteiger partial charge is 0.244 e. The Bertz CT molecular complexity index is 502. The van der Waals surface area contributed by atoms with Crippen molar-refractivity contribution in [3.63, 3.8) is 0 Å². The van der Waals surface area contributed by atoms with Gasteiger partial charge in [0.2, 0.25) is 15.9 Å². The molecule has 1 rings (SSSR count). The molecule has 0 saturated heterocycles. The largest absolute Gasteiger partial charge is 0.289 e. The molecule has 0 radical (unpaired) electrons. The standard InChI is InChI=1S/C13H20N2O4S/c16-13(15-17)9-11-20(18,19)14-10-5-4-8-12-6-2-1-3-7-12/h1-3,6-7,14,17H,4-5,8-11H2,(H,15,16). The lowest BCUT2D eigenvalue weighted by Gasteiger charge is -2.06. The van der Waals surface area contributed by atoms with E-state index < -0.39 is 15.9 Å². The summed E-state index contributed by atoms with van der Waals surface area (Å²) >= 11 is 0. The molecule has 0 aliphatic carbocycles. The number of hydrogen-bond acceptors (Lipinski definition) is 4. The maximum atomic E-state index is 11.5. The van der Waals surface area contributed by atoms with E-state index in [0.29, 0.717) is 6.54 Å². The predicted molar refractivity (Wildman–Crippen MR) is 75.7 cm³/mol. The van der Waals surface area contributed by atoms with Crippen LogP contribution in [-0.4, -0.2) is 31.8 Å². The van der Waals surface area contributed by atoms with Crippen molar-refractivity contribution in [2.24, 2.45) is 0 Å². The second-order valence-electron chi connectivity index (χ2n) is 4.44. The molecule has 112 valence electrons. The molecule has 0 aromatic heterocycles. The van der Waals surface area contributed by atoms with Crippen LogP contribution in [0.25, 0.3) is 0 Å². The molecule has 3 N–H and O–H groups in total. The molecule has 1 aromatic carbocycles. The third kappa shape index (κ3) is 7.22. The molecule has 0 bridgehead atoms. The van der Waals surface area contributed by atoms with Gasteiger partial charge < -0.3 is 0 Å². The first-order valence-electron chi connectivity index (χ1n) is 6.48. The minimum atomic E-state index is -3.45. The van der Waals surface area contributed by atoms with Crippen LogP contribution < -0.4 is 10.2 Å². The summed E-state index contributed by atoms with van der Waals surface area (Å²) in [6.45, 7) is 0.357. The van der Waals surface area contributed by atoms with Crippen molar-refractivity contribution >= 4 is 15.9 Å². The Morgan fingerprint density at radius 1 is 1.15 bits per heavy atom. The monoisotopic (exact) mass is 300 g/mol. The fourth-order valence-electron chi connectivity index (χ4n) is 1.68. The predicted octanol–water partition coefficient (Wildman–Crippen LogP) is 0.824. The summed E-state index contributed by atoms with van der Waals surface area (Å²) < 4.78 is 25.5. The van der Waals surface area contributed by atoms with E-state index in [-0.39, 0.29) is 12.2 Å². The van der Waals surface area contributed by atoms with Crippen LogP contribution in [0.4, 0.5) is 0 Å². The number of nitrogens with one attached hydrogen (secondary N) is 2. The normalized spacial score (nSPS) is 11.2. The number of benzene rings is 1. The average Bonchev–Trinajstić information content (AvgIpc) is 2.45. The molecule has 0 saturated carbocycles. The van der Waals surface area contributed by atoms with Gasteiger partial charge in [0.05, 0.1) is 5.75 Å². The number of hydrogen-bond donors (Lipinski definition) is 3. The number of aryl methyl sites for hydroxylation is 1. The summed E-state index contributed by atoms with van der Waals surface area (Å²) in [4.78, 5) is 10.7. The first kappa shape index (κ1) is 16.6. The lowest BCUT2D eigenvalue weighted by atomic mass is 10.1. The molecule has 6 nitrogen and oxygen atoms in total. The van der Waals surface area contributed by atoms with Crippen LogP contribution in [0.1, 0.15) is 24.8 Å². The van der Waals surface area contributed by atoms with E-state index in [1.165, 1.54) is 11.0 Å². The Morgan fingerprint density at radius 3 is 2.50 bits per heavy atom. The maximum absolute atomic E-state index is 11.5. The molecule has 0 fully saturated rings. The Kier molecular flexibility index (Phi) is 7.21. The Labute approximate surface area is 119 Å². The zero-order valence-corrected chi connectivity index (χ0v) is 12.0. The third-order valence-corrected chi connectivity index (χ3v) is 4.17. The highest BCUT2D eigenvalue weighted by Gasteiger charge is 2.11. The minimum Gasteiger partial charge on any atom is -0.289 e. The van der Waals surface area contributed by atoms with Gasteiger partial charge >= 0.3 is 0 Å². The van der Waals surface area contributed by atoms with Crippen LogP contribution in [0.5, 0.6) is 0 Å². The summed E-state index contributed by atoms with van der Waals surface area (Å²) in [6.07, 6.45) is 2.29. The molecular weight excluding hydrogens is 280 g/mol. The Morgan fingerprint density at radius 2 is 1.85 bits per heavy atom. The van der Waals surface area contributed by atoms with Crippen LogP contribution in [0.2, 0.25) is 0 Å². The van der Waals surface area contributed by atoms with E-state index >= 15 is 0 Å². The Balaban J connectivity index is 2.15. The van der Waals surface area contributed by atoms with E-state index in [2.05, 4.69) is 4.72 Å².